The van der Waals surface area contributed by atoms with E-state index in [-0.39, 0.29) is 5.54 Å². The molecule has 2 rings (SSSR count). The first kappa shape index (κ1) is 13.4. The summed E-state index contributed by atoms with van der Waals surface area (Å²) < 4.78 is 0. The normalized spacial score (nSPS) is 29.3. The van der Waals surface area contributed by atoms with Crippen molar-refractivity contribution in [3.05, 3.63) is 0 Å². The third-order valence-corrected chi connectivity index (χ3v) is 5.88. The lowest BCUT2D eigenvalue weighted by molar-refractivity contribution is 0.0122. The van der Waals surface area contributed by atoms with E-state index >= 15 is 0 Å². The van der Waals surface area contributed by atoms with Crippen LogP contribution >= 0.6 is 0 Å². The zero-order chi connectivity index (χ0) is 12.7. The standard InChI is InChI=1S/C15H30N2/c1-12(2)13-5-9-17(10-6-13)15(4,11-16)14(3)7-8-14/h12-13H,5-11,16H2,1-4H3. The number of hydrogen-bond donors (Lipinski definition) is 1. The molecule has 1 saturated heterocycles. The Balaban J connectivity index is 1.99. The molecular formula is C15H30N2. The summed E-state index contributed by atoms with van der Waals surface area (Å²) in [7, 11) is 0. The average molecular weight is 238 g/mol. The number of likely N-dealkylation sites (tertiary alicyclic amines) is 1. The molecule has 1 unspecified atom stereocenters. The van der Waals surface area contributed by atoms with E-state index in [0.717, 1.165) is 18.4 Å². The highest BCUT2D eigenvalue weighted by atomic mass is 15.2. The minimum atomic E-state index is 0.245. The topological polar surface area (TPSA) is 29.3 Å². The predicted octanol–water partition coefficient (Wildman–Crippen LogP) is 2.87. The van der Waals surface area contributed by atoms with Gasteiger partial charge in [0.1, 0.15) is 0 Å². The van der Waals surface area contributed by atoms with Gasteiger partial charge >= 0.3 is 0 Å². The summed E-state index contributed by atoms with van der Waals surface area (Å²) in [5, 5.41) is 0. The Bertz CT molecular complexity index is 262. The van der Waals surface area contributed by atoms with E-state index in [4.69, 9.17) is 5.73 Å². The molecule has 2 N–H and O–H groups in total. The largest absolute Gasteiger partial charge is 0.329 e. The molecule has 0 aromatic carbocycles. The molecule has 100 valence electrons. The molecule has 2 aliphatic rings. The summed E-state index contributed by atoms with van der Waals surface area (Å²) in [6, 6.07) is 0. The van der Waals surface area contributed by atoms with Crippen molar-refractivity contribution < 1.29 is 0 Å². The fourth-order valence-electron chi connectivity index (χ4n) is 3.54. The quantitative estimate of drug-likeness (QED) is 0.816. The minimum Gasteiger partial charge on any atom is -0.329 e. The molecular weight excluding hydrogens is 208 g/mol. The Labute approximate surface area is 107 Å². The van der Waals surface area contributed by atoms with Crippen LogP contribution in [0.4, 0.5) is 0 Å². The highest BCUT2D eigenvalue weighted by Gasteiger charge is 2.55. The van der Waals surface area contributed by atoms with Crippen LogP contribution in [-0.2, 0) is 0 Å². The van der Waals surface area contributed by atoms with E-state index in [1.54, 1.807) is 0 Å². The maximum absolute atomic E-state index is 6.12. The van der Waals surface area contributed by atoms with Gasteiger partial charge in [0, 0.05) is 12.1 Å². The molecule has 0 aromatic heterocycles. The zero-order valence-electron chi connectivity index (χ0n) is 12.1. The molecule has 2 heteroatoms. The first-order valence-corrected chi connectivity index (χ1v) is 7.38. The number of nitrogens with two attached hydrogens (primary N) is 1. The summed E-state index contributed by atoms with van der Waals surface area (Å²) in [5.41, 5.74) is 6.85. The average Bonchev–Trinajstić information content (AvgIpc) is 3.08. The molecule has 0 bridgehead atoms. The van der Waals surface area contributed by atoms with E-state index in [0.29, 0.717) is 5.41 Å². The highest BCUT2D eigenvalue weighted by molar-refractivity contribution is 5.10. The maximum atomic E-state index is 6.12. The minimum absolute atomic E-state index is 0.245. The van der Waals surface area contributed by atoms with Crippen molar-refractivity contribution in [3.8, 4) is 0 Å². The van der Waals surface area contributed by atoms with Crippen molar-refractivity contribution in [1.29, 1.82) is 0 Å². The smallest absolute Gasteiger partial charge is 0.0357 e. The van der Waals surface area contributed by atoms with Crippen LogP contribution in [0.5, 0.6) is 0 Å². The number of rotatable bonds is 4. The summed E-state index contributed by atoms with van der Waals surface area (Å²) in [5.74, 6) is 1.78. The van der Waals surface area contributed by atoms with Crippen LogP contribution in [-0.4, -0.2) is 30.1 Å². The fraction of sp³-hybridized carbons (Fsp3) is 1.00. The van der Waals surface area contributed by atoms with Gasteiger partial charge in [0.2, 0.25) is 0 Å². The molecule has 1 aliphatic heterocycles. The van der Waals surface area contributed by atoms with Gasteiger partial charge < -0.3 is 5.73 Å². The molecule has 1 saturated carbocycles. The molecule has 0 radical (unpaired) electrons. The molecule has 17 heavy (non-hydrogen) atoms. The Morgan fingerprint density at radius 3 is 2.18 bits per heavy atom. The summed E-state index contributed by atoms with van der Waals surface area (Å²) in [6.45, 7) is 12.9. The molecule has 0 spiro atoms. The first-order valence-electron chi connectivity index (χ1n) is 7.38. The van der Waals surface area contributed by atoms with E-state index in [2.05, 4.69) is 32.6 Å². The van der Waals surface area contributed by atoms with Crippen molar-refractivity contribution in [1.82, 2.24) is 4.90 Å². The van der Waals surface area contributed by atoms with Crippen LogP contribution in [0.15, 0.2) is 0 Å². The zero-order valence-corrected chi connectivity index (χ0v) is 12.1. The summed E-state index contributed by atoms with van der Waals surface area (Å²) in [4.78, 5) is 2.69. The van der Waals surface area contributed by atoms with Crippen LogP contribution < -0.4 is 5.73 Å². The van der Waals surface area contributed by atoms with E-state index in [1.165, 1.54) is 38.8 Å². The van der Waals surface area contributed by atoms with Gasteiger partial charge in [-0.05, 0) is 62.9 Å². The molecule has 1 aliphatic carbocycles. The monoisotopic (exact) mass is 238 g/mol. The lowest BCUT2D eigenvalue weighted by Gasteiger charge is -2.49. The van der Waals surface area contributed by atoms with Crippen molar-refractivity contribution in [2.24, 2.45) is 23.0 Å². The first-order chi connectivity index (χ1) is 7.93. The van der Waals surface area contributed by atoms with Crippen LogP contribution in [0.1, 0.15) is 53.4 Å². The van der Waals surface area contributed by atoms with Crippen LogP contribution in [0, 0.1) is 17.3 Å². The summed E-state index contributed by atoms with van der Waals surface area (Å²) >= 11 is 0. The van der Waals surface area contributed by atoms with Gasteiger partial charge in [-0.1, -0.05) is 20.8 Å². The Morgan fingerprint density at radius 1 is 1.29 bits per heavy atom. The lowest BCUT2D eigenvalue weighted by Crippen LogP contribution is -2.59. The van der Waals surface area contributed by atoms with E-state index < -0.39 is 0 Å². The molecule has 2 nitrogen and oxygen atoms in total. The number of hydrogen-bond acceptors (Lipinski definition) is 2. The molecule has 2 fully saturated rings. The Morgan fingerprint density at radius 2 is 1.82 bits per heavy atom. The van der Waals surface area contributed by atoms with Gasteiger partial charge in [0.15, 0.2) is 0 Å². The van der Waals surface area contributed by atoms with E-state index in [1.807, 2.05) is 0 Å². The van der Waals surface area contributed by atoms with Crippen LogP contribution in [0.3, 0.4) is 0 Å². The van der Waals surface area contributed by atoms with E-state index in [9.17, 15) is 0 Å². The van der Waals surface area contributed by atoms with Gasteiger partial charge in [-0.2, -0.15) is 0 Å². The van der Waals surface area contributed by atoms with Gasteiger partial charge in [0.25, 0.3) is 0 Å². The number of piperidine rings is 1. The maximum Gasteiger partial charge on any atom is 0.0357 e. The highest BCUT2D eigenvalue weighted by Crippen LogP contribution is 2.56. The van der Waals surface area contributed by atoms with Crippen molar-refractivity contribution >= 4 is 0 Å². The Hall–Kier alpha value is -0.0800. The van der Waals surface area contributed by atoms with Crippen molar-refractivity contribution in [3.63, 3.8) is 0 Å². The van der Waals surface area contributed by atoms with Crippen molar-refractivity contribution in [2.75, 3.05) is 19.6 Å². The van der Waals surface area contributed by atoms with Crippen LogP contribution in [0.25, 0.3) is 0 Å². The van der Waals surface area contributed by atoms with Gasteiger partial charge in [0.05, 0.1) is 0 Å². The van der Waals surface area contributed by atoms with Gasteiger partial charge in [-0.3, -0.25) is 4.90 Å². The van der Waals surface area contributed by atoms with Crippen molar-refractivity contribution in [2.45, 2.75) is 58.9 Å². The molecule has 0 amide bonds. The fourth-order valence-corrected chi connectivity index (χ4v) is 3.54. The second-order valence-corrected chi connectivity index (χ2v) is 7.11. The molecule has 1 atom stereocenters. The van der Waals surface area contributed by atoms with Gasteiger partial charge in [-0.15, -0.1) is 0 Å². The molecule has 0 aromatic rings. The number of nitrogens with zero attached hydrogens (tertiary/aromatic N) is 1. The Kier molecular flexibility index (Phi) is 3.57. The second-order valence-electron chi connectivity index (χ2n) is 7.11. The lowest BCUT2D eigenvalue weighted by atomic mass is 9.78. The van der Waals surface area contributed by atoms with Crippen LogP contribution in [0.2, 0.25) is 0 Å². The predicted molar refractivity (Wildman–Crippen MR) is 73.9 cm³/mol. The second kappa shape index (κ2) is 4.55. The summed E-state index contributed by atoms with van der Waals surface area (Å²) in [6.07, 6.45) is 5.46. The van der Waals surface area contributed by atoms with Gasteiger partial charge in [-0.25, -0.2) is 0 Å². The molecule has 1 heterocycles. The third-order valence-electron chi connectivity index (χ3n) is 5.88. The third kappa shape index (κ3) is 2.26. The SMILES string of the molecule is CC(C)C1CCN(C(C)(CN)C2(C)CC2)CC1.